The summed E-state index contributed by atoms with van der Waals surface area (Å²) in [6.07, 6.45) is 1.33. The number of hydrogen-bond donors (Lipinski definition) is 3. The third kappa shape index (κ3) is 2.84. The maximum Gasteiger partial charge on any atom is 0.354 e. The maximum absolute atomic E-state index is 11.8. The number of carbonyl (C=O) groups is 2. The molecule has 21 heavy (non-hydrogen) atoms. The van der Waals surface area contributed by atoms with Gasteiger partial charge in [0, 0.05) is 6.54 Å². The molecule has 2 rings (SSSR count). The zero-order valence-electron chi connectivity index (χ0n) is 12.7. The van der Waals surface area contributed by atoms with E-state index in [-0.39, 0.29) is 22.6 Å². The summed E-state index contributed by atoms with van der Waals surface area (Å²) in [5.41, 5.74) is 0.866. The molecule has 0 aliphatic heterocycles. The van der Waals surface area contributed by atoms with Crippen LogP contribution in [0.2, 0.25) is 0 Å². The fourth-order valence-corrected chi connectivity index (χ4v) is 2.81. The Bertz CT molecular complexity index is 550. The van der Waals surface area contributed by atoms with Crippen LogP contribution in [0.25, 0.3) is 0 Å². The average molecular weight is 291 g/mol. The van der Waals surface area contributed by atoms with Crippen molar-refractivity contribution in [3.63, 3.8) is 0 Å². The molecule has 0 atom stereocenters. The molecule has 6 heteroatoms. The molecule has 3 N–H and O–H groups in total. The normalized spacial score (nSPS) is 18.9. The fourth-order valence-electron chi connectivity index (χ4n) is 2.81. The van der Waals surface area contributed by atoms with Crippen molar-refractivity contribution in [2.45, 2.75) is 27.7 Å². The number of rotatable bonds is 4. The number of amides is 2. The molecule has 2 amide bonds. The van der Waals surface area contributed by atoms with Gasteiger partial charge in [0.2, 0.25) is 0 Å². The summed E-state index contributed by atoms with van der Waals surface area (Å²) >= 11 is 0. The van der Waals surface area contributed by atoms with Gasteiger partial charge < -0.3 is 15.7 Å². The number of hydrogen-bond acceptors (Lipinski definition) is 3. The monoisotopic (exact) mass is 291 g/mol. The standard InChI is InChI=1S/C15H21N3O3/c1-14(2)11(15(14,3)4)8-17-13(21)18-9-5-6-10(12(19)20)16-7-9/h5-7,11H,8H2,1-4H3,(H,19,20)(H2,17,18,21). The zero-order valence-corrected chi connectivity index (χ0v) is 12.7. The molecule has 1 fully saturated rings. The minimum absolute atomic E-state index is 0.0533. The van der Waals surface area contributed by atoms with Crippen LogP contribution < -0.4 is 10.6 Å². The molecule has 1 aliphatic rings. The first-order valence-electron chi connectivity index (χ1n) is 6.90. The molecule has 1 heterocycles. The number of pyridine rings is 1. The van der Waals surface area contributed by atoms with Crippen LogP contribution >= 0.6 is 0 Å². The van der Waals surface area contributed by atoms with E-state index in [9.17, 15) is 9.59 Å². The van der Waals surface area contributed by atoms with E-state index in [1.165, 1.54) is 18.3 Å². The molecule has 1 saturated carbocycles. The van der Waals surface area contributed by atoms with Gasteiger partial charge in [0.15, 0.2) is 0 Å². The minimum atomic E-state index is -1.09. The second-order valence-electron chi connectivity index (χ2n) is 6.57. The summed E-state index contributed by atoms with van der Waals surface area (Å²) in [7, 11) is 0. The van der Waals surface area contributed by atoms with Crippen molar-refractivity contribution in [3.05, 3.63) is 24.0 Å². The first kappa shape index (κ1) is 15.3. The van der Waals surface area contributed by atoms with Gasteiger partial charge in [-0.3, -0.25) is 0 Å². The van der Waals surface area contributed by atoms with Gasteiger partial charge >= 0.3 is 12.0 Å². The van der Waals surface area contributed by atoms with Crippen molar-refractivity contribution in [1.82, 2.24) is 10.3 Å². The Kier molecular flexibility index (Phi) is 3.65. The number of urea groups is 1. The molecule has 0 aromatic carbocycles. The molecule has 0 unspecified atom stereocenters. The predicted octanol–water partition coefficient (Wildman–Crippen LogP) is 2.58. The number of nitrogens with zero attached hydrogens (tertiary/aromatic N) is 1. The first-order valence-corrected chi connectivity index (χ1v) is 6.90. The number of carboxylic acids is 1. The van der Waals surface area contributed by atoms with E-state index in [1.807, 2.05) is 0 Å². The van der Waals surface area contributed by atoms with E-state index < -0.39 is 5.97 Å². The van der Waals surface area contributed by atoms with Gasteiger partial charge in [0.05, 0.1) is 11.9 Å². The maximum atomic E-state index is 11.8. The van der Waals surface area contributed by atoms with E-state index in [1.54, 1.807) is 0 Å². The fraction of sp³-hybridized carbons (Fsp3) is 0.533. The molecule has 0 bridgehead atoms. The summed E-state index contributed by atoms with van der Waals surface area (Å²) in [4.78, 5) is 26.2. The number of carbonyl (C=O) groups excluding carboxylic acids is 1. The SMILES string of the molecule is CC1(C)C(CNC(=O)Nc2ccc(C(=O)O)nc2)C1(C)C. The lowest BCUT2D eigenvalue weighted by molar-refractivity contribution is 0.0690. The topological polar surface area (TPSA) is 91.3 Å². The Morgan fingerprint density at radius 3 is 2.29 bits per heavy atom. The van der Waals surface area contributed by atoms with Crippen molar-refractivity contribution >= 4 is 17.7 Å². The highest BCUT2D eigenvalue weighted by molar-refractivity contribution is 5.90. The lowest BCUT2D eigenvalue weighted by Gasteiger charge is -2.08. The van der Waals surface area contributed by atoms with E-state index >= 15 is 0 Å². The second kappa shape index (κ2) is 5.02. The summed E-state index contributed by atoms with van der Waals surface area (Å²) in [6, 6.07) is 2.56. The summed E-state index contributed by atoms with van der Waals surface area (Å²) in [6.45, 7) is 9.42. The average Bonchev–Trinajstić information content (AvgIpc) is 2.77. The van der Waals surface area contributed by atoms with Crippen LogP contribution in [0.4, 0.5) is 10.5 Å². The molecule has 1 aromatic rings. The van der Waals surface area contributed by atoms with Gasteiger partial charge in [-0.1, -0.05) is 27.7 Å². The summed E-state index contributed by atoms with van der Waals surface area (Å²) in [5, 5.41) is 14.2. The van der Waals surface area contributed by atoms with Crippen LogP contribution in [0.15, 0.2) is 18.3 Å². The van der Waals surface area contributed by atoms with E-state index in [2.05, 4.69) is 43.3 Å². The first-order chi connectivity index (χ1) is 9.66. The molecule has 0 radical (unpaired) electrons. The Labute approximate surface area is 124 Å². The number of nitrogens with one attached hydrogen (secondary N) is 2. The van der Waals surface area contributed by atoms with E-state index in [4.69, 9.17) is 5.11 Å². The van der Waals surface area contributed by atoms with Crippen molar-refractivity contribution in [1.29, 1.82) is 0 Å². The van der Waals surface area contributed by atoms with Gasteiger partial charge in [-0.25, -0.2) is 14.6 Å². The molecule has 114 valence electrons. The molecule has 0 saturated heterocycles. The van der Waals surface area contributed by atoms with Gasteiger partial charge in [-0.15, -0.1) is 0 Å². The lowest BCUT2D eigenvalue weighted by Crippen LogP contribution is -2.31. The lowest BCUT2D eigenvalue weighted by atomic mass is 10.0. The Hall–Kier alpha value is -2.11. The van der Waals surface area contributed by atoms with Crippen LogP contribution in [0, 0.1) is 16.7 Å². The van der Waals surface area contributed by atoms with Crippen molar-refractivity contribution in [2.75, 3.05) is 11.9 Å². The van der Waals surface area contributed by atoms with Crippen molar-refractivity contribution in [3.8, 4) is 0 Å². The molecular weight excluding hydrogens is 270 g/mol. The van der Waals surface area contributed by atoms with Crippen LogP contribution in [-0.4, -0.2) is 28.6 Å². The molecular formula is C15H21N3O3. The summed E-state index contributed by atoms with van der Waals surface area (Å²) < 4.78 is 0. The van der Waals surface area contributed by atoms with Gasteiger partial charge in [0.25, 0.3) is 0 Å². The number of aromatic carboxylic acids is 1. The molecule has 0 spiro atoms. The van der Waals surface area contributed by atoms with Crippen LogP contribution in [-0.2, 0) is 0 Å². The van der Waals surface area contributed by atoms with Crippen molar-refractivity contribution < 1.29 is 14.7 Å². The number of aromatic nitrogens is 1. The highest BCUT2D eigenvalue weighted by atomic mass is 16.4. The highest BCUT2D eigenvalue weighted by Crippen LogP contribution is 2.67. The van der Waals surface area contributed by atoms with Crippen LogP contribution in [0.3, 0.4) is 0 Å². The minimum Gasteiger partial charge on any atom is -0.477 e. The number of anilines is 1. The van der Waals surface area contributed by atoms with Crippen LogP contribution in [0.1, 0.15) is 38.2 Å². The highest BCUT2D eigenvalue weighted by Gasteiger charge is 2.64. The van der Waals surface area contributed by atoms with E-state index in [0.29, 0.717) is 18.2 Å². The summed E-state index contributed by atoms with van der Waals surface area (Å²) in [5.74, 6) is -0.646. The third-order valence-corrected chi connectivity index (χ3v) is 5.03. The Morgan fingerprint density at radius 1 is 1.24 bits per heavy atom. The van der Waals surface area contributed by atoms with Gasteiger partial charge in [0.1, 0.15) is 5.69 Å². The van der Waals surface area contributed by atoms with Crippen LogP contribution in [0.5, 0.6) is 0 Å². The molecule has 6 nitrogen and oxygen atoms in total. The molecule has 1 aromatic heterocycles. The Morgan fingerprint density at radius 2 is 1.86 bits per heavy atom. The Balaban J connectivity index is 1.84. The second-order valence-corrected chi connectivity index (χ2v) is 6.57. The predicted molar refractivity (Wildman–Crippen MR) is 79.3 cm³/mol. The number of carboxylic acid groups (broad SMARTS) is 1. The van der Waals surface area contributed by atoms with E-state index in [0.717, 1.165) is 0 Å². The van der Waals surface area contributed by atoms with Gasteiger partial charge in [-0.2, -0.15) is 0 Å². The smallest absolute Gasteiger partial charge is 0.354 e. The third-order valence-electron chi connectivity index (χ3n) is 5.03. The van der Waals surface area contributed by atoms with Gasteiger partial charge in [-0.05, 0) is 28.9 Å². The van der Waals surface area contributed by atoms with Crippen molar-refractivity contribution in [2.24, 2.45) is 16.7 Å². The zero-order chi connectivity index (χ0) is 15.8. The largest absolute Gasteiger partial charge is 0.477 e. The quantitative estimate of drug-likeness (QED) is 0.795. The molecule has 1 aliphatic carbocycles.